The number of nitrogens with one attached hydrogen (secondary N) is 1. The second-order valence-corrected chi connectivity index (χ2v) is 5.61. The predicted octanol–water partition coefficient (Wildman–Crippen LogP) is 1.23. The highest BCUT2D eigenvalue weighted by molar-refractivity contribution is 5.84. The van der Waals surface area contributed by atoms with E-state index in [4.69, 9.17) is 0 Å². The minimum absolute atomic E-state index is 0.00255. The van der Waals surface area contributed by atoms with Gasteiger partial charge in [-0.05, 0) is 31.7 Å². The number of hydrogen-bond donors (Lipinski definition) is 2. The third kappa shape index (κ3) is 3.08. The van der Waals surface area contributed by atoms with E-state index in [-0.39, 0.29) is 11.9 Å². The fourth-order valence-electron chi connectivity index (χ4n) is 3.54. The number of amides is 1. The van der Waals surface area contributed by atoms with Crippen LogP contribution in [-0.4, -0.2) is 47.1 Å². The van der Waals surface area contributed by atoms with Crippen LogP contribution in [0.1, 0.15) is 45.4 Å². The van der Waals surface area contributed by atoms with Crippen LogP contribution in [0.2, 0.25) is 0 Å². The average Bonchev–Trinajstić information content (AvgIpc) is 2.78. The van der Waals surface area contributed by atoms with Gasteiger partial charge in [-0.1, -0.05) is 19.8 Å². The van der Waals surface area contributed by atoms with Crippen molar-refractivity contribution in [1.29, 1.82) is 0 Å². The molecule has 3 unspecified atom stereocenters. The topological polar surface area (TPSA) is 69.6 Å². The fraction of sp³-hybridized carbons (Fsp3) is 0.857. The van der Waals surface area contributed by atoms with E-state index in [2.05, 4.69) is 5.32 Å². The van der Waals surface area contributed by atoms with Crippen LogP contribution in [0.5, 0.6) is 0 Å². The van der Waals surface area contributed by atoms with Crippen molar-refractivity contribution in [2.75, 3.05) is 13.1 Å². The van der Waals surface area contributed by atoms with Gasteiger partial charge in [-0.2, -0.15) is 0 Å². The molecule has 2 N–H and O–H groups in total. The van der Waals surface area contributed by atoms with Gasteiger partial charge in [0.15, 0.2) is 0 Å². The van der Waals surface area contributed by atoms with Gasteiger partial charge in [-0.25, -0.2) is 4.79 Å². The first-order chi connectivity index (χ1) is 9.15. The summed E-state index contributed by atoms with van der Waals surface area (Å²) in [5, 5.41) is 12.5. The number of carbonyl (C=O) groups excluding carboxylic acids is 1. The van der Waals surface area contributed by atoms with Gasteiger partial charge in [0.1, 0.15) is 6.04 Å². The summed E-state index contributed by atoms with van der Waals surface area (Å²) < 4.78 is 0. The quantitative estimate of drug-likeness (QED) is 0.736. The zero-order valence-corrected chi connectivity index (χ0v) is 11.6. The van der Waals surface area contributed by atoms with Crippen molar-refractivity contribution in [3.05, 3.63) is 0 Å². The van der Waals surface area contributed by atoms with Crippen molar-refractivity contribution >= 4 is 11.9 Å². The van der Waals surface area contributed by atoms with Crippen molar-refractivity contribution in [2.24, 2.45) is 5.92 Å². The summed E-state index contributed by atoms with van der Waals surface area (Å²) in [6.07, 6.45) is 5.39. The Kier molecular flexibility index (Phi) is 4.80. The summed E-state index contributed by atoms with van der Waals surface area (Å²) in [6.45, 7) is 3.47. The number of nitrogens with zero attached hydrogens (tertiary/aromatic N) is 1. The molecule has 0 aromatic heterocycles. The molecule has 5 heteroatoms. The molecule has 0 spiro atoms. The maximum atomic E-state index is 12.3. The van der Waals surface area contributed by atoms with Gasteiger partial charge in [0.2, 0.25) is 5.91 Å². The van der Waals surface area contributed by atoms with Gasteiger partial charge >= 0.3 is 5.97 Å². The maximum absolute atomic E-state index is 12.3. The number of fused-ring (bicyclic) bond motifs is 1. The van der Waals surface area contributed by atoms with E-state index in [9.17, 15) is 14.7 Å². The SMILES string of the molecule is CCNCCC(=O)N1C(C(=O)O)CC2CCCCC21. The average molecular weight is 268 g/mol. The number of carboxylic acids is 1. The summed E-state index contributed by atoms with van der Waals surface area (Å²) in [7, 11) is 0. The number of carbonyl (C=O) groups is 2. The van der Waals surface area contributed by atoms with Crippen LogP contribution in [-0.2, 0) is 9.59 Å². The monoisotopic (exact) mass is 268 g/mol. The Morgan fingerprint density at radius 3 is 2.74 bits per heavy atom. The largest absolute Gasteiger partial charge is 0.480 e. The highest BCUT2D eigenvalue weighted by atomic mass is 16.4. The first kappa shape index (κ1) is 14.3. The summed E-state index contributed by atoms with van der Waals surface area (Å²) >= 11 is 0. The van der Waals surface area contributed by atoms with Crippen LogP contribution < -0.4 is 5.32 Å². The first-order valence-electron chi connectivity index (χ1n) is 7.39. The van der Waals surface area contributed by atoms with E-state index >= 15 is 0 Å². The second kappa shape index (κ2) is 6.37. The van der Waals surface area contributed by atoms with Crippen molar-refractivity contribution in [3.8, 4) is 0 Å². The Hall–Kier alpha value is -1.10. The smallest absolute Gasteiger partial charge is 0.326 e. The molecule has 3 atom stereocenters. The minimum atomic E-state index is -0.841. The second-order valence-electron chi connectivity index (χ2n) is 5.61. The zero-order valence-electron chi connectivity index (χ0n) is 11.6. The van der Waals surface area contributed by atoms with Crippen molar-refractivity contribution in [2.45, 2.75) is 57.5 Å². The molecule has 19 heavy (non-hydrogen) atoms. The minimum Gasteiger partial charge on any atom is -0.480 e. The molecule has 2 rings (SSSR count). The molecule has 1 heterocycles. The Morgan fingerprint density at radius 1 is 1.32 bits per heavy atom. The zero-order chi connectivity index (χ0) is 13.8. The fourth-order valence-corrected chi connectivity index (χ4v) is 3.54. The van der Waals surface area contributed by atoms with E-state index < -0.39 is 12.0 Å². The summed E-state index contributed by atoms with van der Waals surface area (Å²) in [5.74, 6) is -0.438. The van der Waals surface area contributed by atoms with Crippen LogP contribution in [0.4, 0.5) is 0 Å². The lowest BCUT2D eigenvalue weighted by molar-refractivity contribution is -0.149. The lowest BCUT2D eigenvalue weighted by Gasteiger charge is -2.33. The van der Waals surface area contributed by atoms with Gasteiger partial charge < -0.3 is 15.3 Å². The molecule has 2 fully saturated rings. The van der Waals surface area contributed by atoms with Crippen LogP contribution in [0.3, 0.4) is 0 Å². The molecule has 1 saturated heterocycles. The molecule has 108 valence electrons. The standard InChI is InChI=1S/C14H24N2O3/c1-2-15-8-7-13(17)16-11-6-4-3-5-10(11)9-12(16)14(18)19/h10-12,15H,2-9H2,1H3,(H,18,19). The molecule has 1 aliphatic carbocycles. The maximum Gasteiger partial charge on any atom is 0.326 e. The van der Waals surface area contributed by atoms with Gasteiger partial charge in [0.05, 0.1) is 0 Å². The van der Waals surface area contributed by atoms with Crippen molar-refractivity contribution in [3.63, 3.8) is 0 Å². The first-order valence-corrected chi connectivity index (χ1v) is 7.39. The summed E-state index contributed by atoms with van der Waals surface area (Å²) in [5.41, 5.74) is 0. The molecule has 1 amide bonds. The normalized spacial score (nSPS) is 30.2. The summed E-state index contributed by atoms with van der Waals surface area (Å²) in [4.78, 5) is 25.4. The van der Waals surface area contributed by atoms with Crippen LogP contribution in [0.25, 0.3) is 0 Å². The molecule has 0 aromatic carbocycles. The highest BCUT2D eigenvalue weighted by Crippen LogP contribution is 2.40. The molecule has 1 saturated carbocycles. The molecule has 5 nitrogen and oxygen atoms in total. The molecule has 2 aliphatic rings. The third-order valence-electron chi connectivity index (χ3n) is 4.43. The Bertz CT molecular complexity index is 346. The van der Waals surface area contributed by atoms with Gasteiger partial charge in [-0.3, -0.25) is 4.79 Å². The van der Waals surface area contributed by atoms with E-state index in [0.717, 1.165) is 25.8 Å². The molecule has 0 radical (unpaired) electrons. The van der Waals surface area contributed by atoms with Gasteiger partial charge in [0.25, 0.3) is 0 Å². The lowest BCUT2D eigenvalue weighted by Crippen LogP contribution is -2.46. The van der Waals surface area contributed by atoms with E-state index in [0.29, 0.717) is 25.3 Å². The van der Waals surface area contributed by atoms with E-state index in [1.807, 2.05) is 6.92 Å². The molecular formula is C14H24N2O3. The summed E-state index contributed by atoms with van der Waals surface area (Å²) in [6, 6.07) is -0.425. The number of rotatable bonds is 5. The van der Waals surface area contributed by atoms with Crippen LogP contribution >= 0.6 is 0 Å². The molecular weight excluding hydrogens is 244 g/mol. The predicted molar refractivity (Wildman–Crippen MR) is 71.8 cm³/mol. The number of likely N-dealkylation sites (tertiary alicyclic amines) is 1. The molecule has 0 bridgehead atoms. The molecule has 1 aliphatic heterocycles. The number of carboxylic acid groups (broad SMARTS) is 1. The highest BCUT2D eigenvalue weighted by Gasteiger charge is 2.47. The lowest BCUT2D eigenvalue weighted by atomic mass is 9.84. The Morgan fingerprint density at radius 2 is 2.05 bits per heavy atom. The number of aliphatic carboxylic acids is 1. The van der Waals surface area contributed by atoms with Crippen LogP contribution in [0.15, 0.2) is 0 Å². The van der Waals surface area contributed by atoms with Gasteiger partial charge in [-0.15, -0.1) is 0 Å². The Balaban J connectivity index is 2.04. The van der Waals surface area contributed by atoms with Gasteiger partial charge in [0, 0.05) is 19.0 Å². The van der Waals surface area contributed by atoms with Crippen molar-refractivity contribution < 1.29 is 14.7 Å². The Labute approximate surface area is 114 Å². The van der Waals surface area contributed by atoms with Crippen molar-refractivity contribution in [1.82, 2.24) is 10.2 Å². The number of hydrogen-bond acceptors (Lipinski definition) is 3. The van der Waals surface area contributed by atoms with Crippen LogP contribution in [0, 0.1) is 5.92 Å². The third-order valence-corrected chi connectivity index (χ3v) is 4.43. The molecule has 0 aromatic rings. The van der Waals surface area contributed by atoms with E-state index in [1.54, 1.807) is 4.90 Å². The van der Waals surface area contributed by atoms with E-state index in [1.165, 1.54) is 6.42 Å².